The van der Waals surface area contributed by atoms with E-state index in [-0.39, 0.29) is 0 Å². The van der Waals surface area contributed by atoms with Crippen molar-refractivity contribution >= 4 is 23.1 Å². The topological polar surface area (TPSA) is 83.2 Å². The molecule has 1 aromatic carbocycles. The monoisotopic (exact) mass is 389 g/mol. The van der Waals surface area contributed by atoms with Gasteiger partial charge < -0.3 is 20.9 Å². The average molecular weight is 390 g/mol. The maximum atomic E-state index is 5.63. The molecule has 3 heterocycles. The summed E-state index contributed by atoms with van der Waals surface area (Å²) in [6.45, 7) is 2.24. The summed E-state index contributed by atoms with van der Waals surface area (Å²) in [6.07, 6.45) is 7.38. The number of nitrogens with one attached hydrogen (secondary N) is 1. The number of likely N-dealkylation sites (tertiary alicyclic amines) is 1. The second kappa shape index (κ2) is 8.45. The van der Waals surface area contributed by atoms with E-state index in [0.717, 1.165) is 48.6 Å². The zero-order valence-electron chi connectivity index (χ0n) is 16.9. The predicted molar refractivity (Wildman–Crippen MR) is 118 cm³/mol. The lowest BCUT2D eigenvalue weighted by Gasteiger charge is -2.37. The van der Waals surface area contributed by atoms with Crippen LogP contribution in [0.3, 0.4) is 0 Å². The van der Waals surface area contributed by atoms with Crippen molar-refractivity contribution < 1.29 is 0 Å². The smallest absolute Gasteiger partial charge is 0.150 e. The molecule has 3 aromatic rings. The van der Waals surface area contributed by atoms with Crippen molar-refractivity contribution in [2.45, 2.75) is 18.9 Å². The molecule has 1 aliphatic heterocycles. The first-order valence-electron chi connectivity index (χ1n) is 9.91. The molecule has 1 aliphatic rings. The van der Waals surface area contributed by atoms with E-state index in [2.05, 4.69) is 74.5 Å². The molecule has 150 valence electrons. The summed E-state index contributed by atoms with van der Waals surface area (Å²) in [5.41, 5.74) is 9.08. The highest BCUT2D eigenvalue weighted by Gasteiger charge is 2.23. The van der Waals surface area contributed by atoms with Crippen LogP contribution in [0.15, 0.2) is 55.0 Å². The number of piperidine rings is 1. The van der Waals surface area contributed by atoms with Gasteiger partial charge in [-0.25, -0.2) is 15.0 Å². The Balaban J connectivity index is 1.67. The lowest BCUT2D eigenvalue weighted by atomic mass is 10.0. The Hall–Kier alpha value is -3.19. The molecule has 0 bridgehead atoms. The lowest BCUT2D eigenvalue weighted by molar-refractivity contribution is 0.253. The molecule has 0 amide bonds. The number of hydrogen-bond donors (Lipinski definition) is 2. The Kier molecular flexibility index (Phi) is 5.57. The molecule has 0 aliphatic carbocycles. The second-order valence-corrected chi connectivity index (χ2v) is 7.55. The van der Waals surface area contributed by atoms with Crippen LogP contribution >= 0.6 is 0 Å². The van der Waals surface area contributed by atoms with Gasteiger partial charge in [0.25, 0.3) is 0 Å². The van der Waals surface area contributed by atoms with E-state index < -0.39 is 0 Å². The summed E-state index contributed by atoms with van der Waals surface area (Å²) in [5.74, 6) is 1.75. The van der Waals surface area contributed by atoms with Crippen LogP contribution in [0.4, 0.5) is 23.1 Å². The van der Waals surface area contributed by atoms with Crippen LogP contribution in [0.5, 0.6) is 0 Å². The molecule has 4 rings (SSSR count). The van der Waals surface area contributed by atoms with Crippen LogP contribution in [0, 0.1) is 0 Å². The van der Waals surface area contributed by atoms with Gasteiger partial charge in [0.1, 0.15) is 17.5 Å². The number of anilines is 4. The molecule has 0 atom stereocenters. The molecule has 3 N–H and O–H groups in total. The number of aromatic nitrogens is 3. The van der Waals surface area contributed by atoms with Crippen LogP contribution in [0.1, 0.15) is 12.8 Å². The predicted octanol–water partition coefficient (Wildman–Crippen LogP) is 3.39. The Morgan fingerprint density at radius 3 is 2.41 bits per heavy atom. The molecule has 2 aromatic heterocycles. The summed E-state index contributed by atoms with van der Waals surface area (Å²) >= 11 is 0. The number of nitrogens with two attached hydrogens (primary N) is 1. The molecule has 0 saturated carbocycles. The number of hydrogen-bond acceptors (Lipinski definition) is 7. The minimum absolute atomic E-state index is 0.394. The third-order valence-corrected chi connectivity index (χ3v) is 5.51. The molecule has 0 radical (unpaired) electrons. The summed E-state index contributed by atoms with van der Waals surface area (Å²) < 4.78 is 0. The lowest BCUT2D eigenvalue weighted by Crippen LogP contribution is -2.42. The Labute approximate surface area is 171 Å². The highest BCUT2D eigenvalue weighted by Crippen LogP contribution is 2.34. The van der Waals surface area contributed by atoms with Gasteiger partial charge in [0.15, 0.2) is 0 Å². The third kappa shape index (κ3) is 4.46. The van der Waals surface area contributed by atoms with Gasteiger partial charge in [0.2, 0.25) is 0 Å². The maximum Gasteiger partial charge on any atom is 0.150 e. The molecular weight excluding hydrogens is 362 g/mol. The molecule has 1 fully saturated rings. The molecule has 7 nitrogen and oxygen atoms in total. The minimum Gasteiger partial charge on any atom is -0.382 e. The third-order valence-electron chi connectivity index (χ3n) is 5.51. The Morgan fingerprint density at radius 1 is 1.00 bits per heavy atom. The van der Waals surface area contributed by atoms with Crippen molar-refractivity contribution in [3.05, 3.63) is 55.0 Å². The van der Waals surface area contributed by atoms with Crippen molar-refractivity contribution in [3.8, 4) is 11.1 Å². The summed E-state index contributed by atoms with van der Waals surface area (Å²) in [7, 11) is 4.37. The van der Waals surface area contributed by atoms with Gasteiger partial charge in [-0.1, -0.05) is 30.3 Å². The maximum absolute atomic E-state index is 5.63. The van der Waals surface area contributed by atoms with Crippen molar-refractivity contribution in [2.24, 2.45) is 0 Å². The number of nitrogens with zero attached hydrogens (tertiary/aromatic N) is 5. The van der Waals surface area contributed by atoms with Gasteiger partial charge in [-0.2, -0.15) is 0 Å². The van der Waals surface area contributed by atoms with Crippen LogP contribution in [-0.2, 0) is 0 Å². The quantitative estimate of drug-likeness (QED) is 0.692. The fourth-order valence-electron chi connectivity index (χ4n) is 3.76. The highest BCUT2D eigenvalue weighted by atomic mass is 15.2. The fourth-order valence-corrected chi connectivity index (χ4v) is 3.76. The first-order valence-corrected chi connectivity index (χ1v) is 9.91. The first kappa shape index (κ1) is 19.1. The van der Waals surface area contributed by atoms with Crippen LogP contribution < -0.4 is 16.0 Å². The molecule has 1 saturated heterocycles. The van der Waals surface area contributed by atoms with Gasteiger partial charge in [-0.15, -0.1) is 0 Å². The Morgan fingerprint density at radius 2 is 1.72 bits per heavy atom. The number of rotatable bonds is 5. The largest absolute Gasteiger partial charge is 0.382 e. The first-order chi connectivity index (χ1) is 14.1. The average Bonchev–Trinajstić information content (AvgIpc) is 2.76. The van der Waals surface area contributed by atoms with E-state index in [1.165, 1.54) is 6.20 Å². The summed E-state index contributed by atoms with van der Waals surface area (Å²) in [6, 6.07) is 13.0. The van der Waals surface area contributed by atoms with E-state index in [4.69, 9.17) is 5.73 Å². The van der Waals surface area contributed by atoms with Crippen molar-refractivity contribution in [1.29, 1.82) is 0 Å². The zero-order valence-corrected chi connectivity index (χ0v) is 16.9. The van der Waals surface area contributed by atoms with Gasteiger partial charge in [-0.3, -0.25) is 0 Å². The SMILES string of the molecule is CN1CCC(N(C)c2cc(Nc3cnc(N)cn3)ncc2-c2ccccc2)CC1. The Bertz CT molecular complexity index is 935. The molecule has 0 unspecified atom stereocenters. The van der Waals surface area contributed by atoms with Crippen LogP contribution in [0.2, 0.25) is 0 Å². The molecule has 29 heavy (non-hydrogen) atoms. The second-order valence-electron chi connectivity index (χ2n) is 7.55. The minimum atomic E-state index is 0.394. The summed E-state index contributed by atoms with van der Waals surface area (Å²) in [4.78, 5) is 17.8. The molecule has 7 heteroatoms. The number of pyridine rings is 1. The standard InChI is InChI=1S/C22H27N7/c1-28-10-8-17(9-11-28)29(2)19-12-21(27-22-15-24-20(23)14-26-22)25-13-18(19)16-6-4-3-5-7-16/h3-7,12-15,17H,8-11H2,1-2H3,(H2,23,24)(H,25,26,27). The number of nitrogen functional groups attached to an aromatic ring is 1. The van der Waals surface area contributed by atoms with Gasteiger partial charge >= 0.3 is 0 Å². The van der Waals surface area contributed by atoms with Gasteiger partial charge in [0, 0.05) is 36.6 Å². The molecular formula is C22H27N7. The van der Waals surface area contributed by atoms with E-state index in [0.29, 0.717) is 17.7 Å². The van der Waals surface area contributed by atoms with Crippen LogP contribution in [0.25, 0.3) is 11.1 Å². The van der Waals surface area contributed by atoms with Crippen molar-refractivity contribution in [1.82, 2.24) is 19.9 Å². The fraction of sp³-hybridized carbons (Fsp3) is 0.318. The van der Waals surface area contributed by atoms with Gasteiger partial charge in [-0.05, 0) is 38.5 Å². The van der Waals surface area contributed by atoms with Gasteiger partial charge in [0.05, 0.1) is 12.4 Å². The van der Waals surface area contributed by atoms with Crippen molar-refractivity contribution in [2.75, 3.05) is 43.1 Å². The molecule has 0 spiro atoms. The zero-order chi connectivity index (χ0) is 20.2. The van der Waals surface area contributed by atoms with E-state index in [9.17, 15) is 0 Å². The van der Waals surface area contributed by atoms with Crippen molar-refractivity contribution in [3.63, 3.8) is 0 Å². The summed E-state index contributed by atoms with van der Waals surface area (Å²) in [5, 5.41) is 3.24. The van der Waals surface area contributed by atoms with E-state index in [1.807, 2.05) is 12.3 Å². The normalized spacial score (nSPS) is 15.2. The van der Waals surface area contributed by atoms with Crippen LogP contribution in [-0.4, -0.2) is 53.1 Å². The number of benzene rings is 1. The highest BCUT2D eigenvalue weighted by molar-refractivity contribution is 5.80. The van der Waals surface area contributed by atoms with E-state index in [1.54, 1.807) is 6.20 Å². The van der Waals surface area contributed by atoms with E-state index >= 15 is 0 Å².